The van der Waals surface area contributed by atoms with Crippen LogP contribution in [0, 0.1) is 0 Å². The van der Waals surface area contributed by atoms with E-state index in [-0.39, 0.29) is 13.2 Å². The monoisotopic (exact) mass is 226 g/mol. The van der Waals surface area contributed by atoms with E-state index in [1.54, 1.807) is 0 Å². The predicted molar refractivity (Wildman–Crippen MR) is 44.7 cm³/mol. The number of carbonyl (C=O) groups excluding carboxylic acids is 1. The Hall–Kier alpha value is -1.24. The number of halogens is 2. The van der Waals surface area contributed by atoms with Crippen LogP contribution in [0.5, 0.6) is 0 Å². The van der Waals surface area contributed by atoms with Gasteiger partial charge in [-0.3, -0.25) is 0 Å². The number of carboxylic acid groups (broad SMARTS) is 1. The second kappa shape index (κ2) is 6.28. The molecule has 0 aromatic heterocycles. The Balaban J connectivity index is 3.79. The van der Waals surface area contributed by atoms with Crippen LogP contribution < -0.4 is 0 Å². The normalized spacial score (nSPS) is 11.1. The Morgan fingerprint density at radius 1 is 1.27 bits per heavy atom. The van der Waals surface area contributed by atoms with Gasteiger partial charge < -0.3 is 14.6 Å². The van der Waals surface area contributed by atoms with Gasteiger partial charge in [0.25, 0.3) is 0 Å². The van der Waals surface area contributed by atoms with Crippen molar-refractivity contribution < 1.29 is 33.0 Å². The highest BCUT2D eigenvalue weighted by molar-refractivity contribution is 6.00. The van der Waals surface area contributed by atoms with E-state index < -0.39 is 17.9 Å². The lowest BCUT2D eigenvalue weighted by Gasteiger charge is -2.10. The van der Waals surface area contributed by atoms with Crippen LogP contribution >= 0.6 is 0 Å². The van der Waals surface area contributed by atoms with Crippen LogP contribution in [0.1, 0.15) is 13.3 Å². The number of carboxylic acids is 1. The minimum Gasteiger partial charge on any atom is -0.476 e. The van der Waals surface area contributed by atoms with Gasteiger partial charge in [-0.15, -0.1) is 0 Å². The second-order valence-electron chi connectivity index (χ2n) is 2.63. The van der Waals surface area contributed by atoms with Crippen molar-refractivity contribution >= 4 is 11.9 Å². The molecule has 0 atom stereocenters. The zero-order chi connectivity index (χ0) is 11.9. The van der Waals surface area contributed by atoms with E-state index in [9.17, 15) is 18.4 Å². The third-order valence-electron chi connectivity index (χ3n) is 1.33. The molecule has 0 aliphatic heterocycles. The van der Waals surface area contributed by atoms with E-state index in [1.807, 2.05) is 6.92 Å². The molecule has 0 saturated heterocycles. The van der Waals surface area contributed by atoms with Crippen LogP contribution in [-0.2, 0) is 19.1 Å². The van der Waals surface area contributed by atoms with Crippen LogP contribution in [0.25, 0.3) is 0 Å². The first-order valence-corrected chi connectivity index (χ1v) is 4.29. The number of hydrogen-bond acceptors (Lipinski definition) is 4. The van der Waals surface area contributed by atoms with E-state index in [4.69, 9.17) is 9.84 Å². The molecule has 0 saturated carbocycles. The molecule has 15 heavy (non-hydrogen) atoms. The van der Waals surface area contributed by atoms with Gasteiger partial charge in [-0.1, -0.05) is 6.92 Å². The van der Waals surface area contributed by atoms with Crippen molar-refractivity contribution in [3.63, 3.8) is 0 Å². The lowest BCUT2D eigenvalue weighted by molar-refractivity contribution is -0.187. The minimum absolute atomic E-state index is 0.0325. The fourth-order valence-corrected chi connectivity index (χ4v) is 0.618. The molecule has 0 spiro atoms. The zero-order valence-electron chi connectivity index (χ0n) is 8.16. The molecule has 0 fully saturated rings. The highest BCUT2D eigenvalue weighted by atomic mass is 19.3. The summed E-state index contributed by atoms with van der Waals surface area (Å²) in [4.78, 5) is 20.4. The highest BCUT2D eigenvalue weighted by Crippen LogP contribution is 2.15. The third kappa shape index (κ3) is 4.68. The first-order chi connectivity index (χ1) is 6.92. The summed E-state index contributed by atoms with van der Waals surface area (Å²) in [5.74, 6) is -9.10. The molecule has 0 aromatic carbocycles. The van der Waals surface area contributed by atoms with Gasteiger partial charge in [0.05, 0.1) is 6.61 Å². The number of aliphatic carboxylic acids is 1. The quantitative estimate of drug-likeness (QED) is 0.392. The van der Waals surface area contributed by atoms with Crippen LogP contribution in [0.2, 0.25) is 0 Å². The number of carbonyl (C=O) groups is 2. The van der Waals surface area contributed by atoms with Gasteiger partial charge in [-0.2, -0.15) is 8.78 Å². The number of rotatable bonds is 7. The van der Waals surface area contributed by atoms with Crippen molar-refractivity contribution in [2.75, 3.05) is 19.8 Å². The molecule has 0 radical (unpaired) electrons. The SMILES string of the molecule is CCCOCCOC(=O)C(F)(F)C(=O)O. The Labute approximate surface area is 85.0 Å². The van der Waals surface area contributed by atoms with E-state index in [1.165, 1.54) is 0 Å². The Kier molecular flexibility index (Phi) is 5.76. The summed E-state index contributed by atoms with van der Waals surface area (Å²) in [6, 6.07) is 0. The van der Waals surface area contributed by atoms with E-state index in [0.717, 1.165) is 6.42 Å². The van der Waals surface area contributed by atoms with Gasteiger partial charge in [-0.05, 0) is 6.42 Å². The van der Waals surface area contributed by atoms with Crippen molar-refractivity contribution in [3.05, 3.63) is 0 Å². The molecule has 88 valence electrons. The lowest BCUT2D eigenvalue weighted by atomic mass is 10.3. The summed E-state index contributed by atoms with van der Waals surface area (Å²) in [5, 5.41) is 7.97. The van der Waals surface area contributed by atoms with Gasteiger partial charge in [-0.25, -0.2) is 9.59 Å². The summed E-state index contributed by atoms with van der Waals surface area (Å²) < 4.78 is 33.7. The van der Waals surface area contributed by atoms with Gasteiger partial charge in [0, 0.05) is 6.61 Å². The second-order valence-corrected chi connectivity index (χ2v) is 2.63. The average molecular weight is 226 g/mol. The summed E-state index contributed by atoms with van der Waals surface area (Å²) >= 11 is 0. The highest BCUT2D eigenvalue weighted by Gasteiger charge is 2.49. The average Bonchev–Trinajstić information content (AvgIpc) is 2.16. The fourth-order valence-electron chi connectivity index (χ4n) is 0.618. The topological polar surface area (TPSA) is 72.8 Å². The molecule has 0 aliphatic carbocycles. The number of alkyl halides is 2. The van der Waals surface area contributed by atoms with Crippen molar-refractivity contribution in [3.8, 4) is 0 Å². The molecule has 1 N–H and O–H groups in total. The maximum atomic E-state index is 12.4. The van der Waals surface area contributed by atoms with E-state index in [0.29, 0.717) is 6.61 Å². The predicted octanol–water partition coefficient (Wildman–Crippen LogP) is 0.676. The molecular weight excluding hydrogens is 214 g/mol. The third-order valence-corrected chi connectivity index (χ3v) is 1.33. The van der Waals surface area contributed by atoms with Gasteiger partial charge in [0.1, 0.15) is 6.61 Å². The number of ether oxygens (including phenoxy) is 2. The molecular formula is C8H12F2O5. The van der Waals surface area contributed by atoms with E-state index >= 15 is 0 Å². The molecule has 0 unspecified atom stereocenters. The van der Waals surface area contributed by atoms with Crippen LogP contribution in [0.3, 0.4) is 0 Å². The summed E-state index contributed by atoms with van der Waals surface area (Å²) in [6.07, 6.45) is 0.749. The molecule has 0 heterocycles. The zero-order valence-corrected chi connectivity index (χ0v) is 8.16. The summed E-state index contributed by atoms with van der Waals surface area (Å²) in [7, 11) is 0. The first kappa shape index (κ1) is 13.8. The minimum atomic E-state index is -4.50. The molecule has 0 aromatic rings. The molecule has 5 nitrogen and oxygen atoms in total. The molecule has 7 heteroatoms. The van der Waals surface area contributed by atoms with Gasteiger partial charge in [0.15, 0.2) is 0 Å². The smallest absolute Gasteiger partial charge is 0.437 e. The maximum Gasteiger partial charge on any atom is 0.437 e. The van der Waals surface area contributed by atoms with E-state index in [2.05, 4.69) is 4.74 Å². The first-order valence-electron chi connectivity index (χ1n) is 4.29. The van der Waals surface area contributed by atoms with Crippen LogP contribution in [-0.4, -0.2) is 42.8 Å². The molecule has 0 rings (SSSR count). The summed E-state index contributed by atoms with van der Waals surface area (Å²) in [6.45, 7) is 1.86. The Morgan fingerprint density at radius 2 is 1.87 bits per heavy atom. The Morgan fingerprint density at radius 3 is 2.33 bits per heavy atom. The Bertz CT molecular complexity index is 229. The fraction of sp³-hybridized carbons (Fsp3) is 0.750. The van der Waals surface area contributed by atoms with Crippen molar-refractivity contribution in [1.82, 2.24) is 0 Å². The molecule has 0 amide bonds. The number of esters is 1. The van der Waals surface area contributed by atoms with Crippen LogP contribution in [0.15, 0.2) is 0 Å². The van der Waals surface area contributed by atoms with Crippen molar-refractivity contribution in [2.45, 2.75) is 19.3 Å². The largest absolute Gasteiger partial charge is 0.476 e. The van der Waals surface area contributed by atoms with Gasteiger partial charge >= 0.3 is 17.9 Å². The standard InChI is InChI=1S/C8H12F2O5/c1-2-3-14-4-5-15-7(13)8(9,10)6(11)12/h2-5H2,1H3,(H,11,12). The molecule has 0 bridgehead atoms. The summed E-state index contributed by atoms with van der Waals surface area (Å²) in [5.41, 5.74) is 0. The lowest BCUT2D eigenvalue weighted by Crippen LogP contribution is -2.39. The maximum absolute atomic E-state index is 12.4. The van der Waals surface area contributed by atoms with Crippen LogP contribution in [0.4, 0.5) is 8.78 Å². The molecule has 0 aliphatic rings. The number of hydrogen-bond donors (Lipinski definition) is 1. The van der Waals surface area contributed by atoms with Gasteiger partial charge in [0.2, 0.25) is 0 Å². The van der Waals surface area contributed by atoms with Crippen molar-refractivity contribution in [2.24, 2.45) is 0 Å². The van der Waals surface area contributed by atoms with Crippen molar-refractivity contribution in [1.29, 1.82) is 0 Å².